The predicted molar refractivity (Wildman–Crippen MR) is 117 cm³/mol. The molecular weight excluding hydrogens is 406 g/mol. The van der Waals surface area contributed by atoms with Crippen LogP contribution in [0.2, 0.25) is 5.02 Å². The average Bonchev–Trinajstić information content (AvgIpc) is 2.69. The van der Waals surface area contributed by atoms with Gasteiger partial charge in [-0.25, -0.2) is 0 Å². The summed E-state index contributed by atoms with van der Waals surface area (Å²) in [5, 5.41) is 16.3. The van der Waals surface area contributed by atoms with Crippen molar-refractivity contribution < 1.29 is 9.59 Å². The van der Waals surface area contributed by atoms with Crippen LogP contribution in [-0.4, -0.2) is 17.6 Å². The van der Waals surface area contributed by atoms with Crippen molar-refractivity contribution in [2.75, 3.05) is 11.1 Å². The fourth-order valence-corrected chi connectivity index (χ4v) is 4.24. The van der Waals surface area contributed by atoms with Crippen molar-refractivity contribution >= 4 is 40.9 Å². The molecule has 1 heterocycles. The molecule has 3 rings (SSSR count). The smallest absolute Gasteiger partial charge is 0.234 e. The van der Waals surface area contributed by atoms with Crippen LogP contribution in [0.1, 0.15) is 29.0 Å². The van der Waals surface area contributed by atoms with Gasteiger partial charge in [0.25, 0.3) is 0 Å². The number of carbonyl (C=O) groups is 2. The summed E-state index contributed by atoms with van der Waals surface area (Å²) in [5.41, 5.74) is 3.99. The van der Waals surface area contributed by atoms with Crippen LogP contribution in [0.25, 0.3) is 0 Å². The second-order valence-electron chi connectivity index (χ2n) is 6.82. The highest BCUT2D eigenvalue weighted by Crippen LogP contribution is 2.37. The number of nitrogens with zero attached hydrogens (tertiary/aromatic N) is 1. The minimum Gasteiger partial charge on any atom is -0.325 e. The number of hydrogen-bond donors (Lipinski definition) is 2. The Morgan fingerprint density at radius 1 is 1.28 bits per heavy atom. The molecule has 2 amide bonds. The lowest BCUT2D eigenvalue weighted by molar-refractivity contribution is -0.121. The molecule has 0 aromatic heterocycles. The number of benzene rings is 2. The van der Waals surface area contributed by atoms with Crippen molar-refractivity contribution in [1.29, 1.82) is 5.26 Å². The van der Waals surface area contributed by atoms with E-state index in [0.717, 1.165) is 28.5 Å². The zero-order valence-electron chi connectivity index (χ0n) is 16.1. The van der Waals surface area contributed by atoms with E-state index in [1.807, 2.05) is 44.2 Å². The minimum atomic E-state index is -0.309. The fraction of sp³-hybridized carbons (Fsp3) is 0.227. The molecule has 2 N–H and O–H groups in total. The van der Waals surface area contributed by atoms with Gasteiger partial charge in [-0.3, -0.25) is 9.59 Å². The van der Waals surface area contributed by atoms with Gasteiger partial charge >= 0.3 is 0 Å². The molecule has 0 spiro atoms. The number of hydrogen-bond acceptors (Lipinski definition) is 4. The Balaban J connectivity index is 1.76. The molecule has 0 fully saturated rings. The number of nitriles is 1. The Bertz CT molecular complexity index is 1040. The summed E-state index contributed by atoms with van der Waals surface area (Å²) in [7, 11) is 0. The molecule has 5 nitrogen and oxygen atoms in total. The number of carbonyl (C=O) groups excluding carboxylic acids is 2. The van der Waals surface area contributed by atoms with Gasteiger partial charge in [0.1, 0.15) is 0 Å². The second-order valence-corrected chi connectivity index (χ2v) is 8.21. The van der Waals surface area contributed by atoms with Gasteiger partial charge in [-0.05, 0) is 42.7 Å². The van der Waals surface area contributed by atoms with E-state index in [9.17, 15) is 14.9 Å². The first-order chi connectivity index (χ1) is 13.9. The number of nitrogens with one attached hydrogen (secondary N) is 2. The molecule has 2 aromatic carbocycles. The van der Waals surface area contributed by atoms with Crippen LogP contribution in [0.5, 0.6) is 0 Å². The highest BCUT2D eigenvalue weighted by Gasteiger charge is 2.30. The lowest BCUT2D eigenvalue weighted by Crippen LogP contribution is -2.31. The normalized spacial score (nSPS) is 16.2. The van der Waals surface area contributed by atoms with Crippen molar-refractivity contribution in [1.82, 2.24) is 5.32 Å². The predicted octanol–water partition coefficient (Wildman–Crippen LogP) is 4.67. The molecule has 1 atom stereocenters. The highest BCUT2D eigenvalue weighted by molar-refractivity contribution is 8.03. The first kappa shape index (κ1) is 21.0. The molecule has 0 saturated carbocycles. The average molecular weight is 426 g/mol. The SMILES string of the molecule is Cc1ccc(NC(=O)CSC2=C(C#N)[C@@H](c3ccccc3C)CC(=O)N2)cc1Cl. The van der Waals surface area contributed by atoms with E-state index in [1.54, 1.807) is 12.1 Å². The van der Waals surface area contributed by atoms with Gasteiger partial charge in [0.2, 0.25) is 11.8 Å². The number of anilines is 1. The first-order valence-electron chi connectivity index (χ1n) is 9.07. The zero-order chi connectivity index (χ0) is 21.0. The van der Waals surface area contributed by atoms with Gasteiger partial charge in [-0.1, -0.05) is 53.7 Å². The lowest BCUT2D eigenvalue weighted by Gasteiger charge is -2.26. The van der Waals surface area contributed by atoms with E-state index in [2.05, 4.69) is 16.7 Å². The minimum absolute atomic E-state index is 0.0623. The Morgan fingerprint density at radius 3 is 2.72 bits per heavy atom. The number of halogens is 1. The summed E-state index contributed by atoms with van der Waals surface area (Å²) >= 11 is 7.24. The van der Waals surface area contributed by atoms with Crippen LogP contribution < -0.4 is 10.6 Å². The Labute approximate surface area is 179 Å². The molecule has 7 heteroatoms. The van der Waals surface area contributed by atoms with Crippen molar-refractivity contribution in [3.05, 3.63) is 74.8 Å². The van der Waals surface area contributed by atoms with Gasteiger partial charge in [0.05, 0.1) is 22.4 Å². The summed E-state index contributed by atoms with van der Waals surface area (Å²) in [5.74, 6) is -0.652. The topological polar surface area (TPSA) is 82.0 Å². The van der Waals surface area contributed by atoms with Gasteiger partial charge in [0.15, 0.2) is 0 Å². The number of amides is 2. The number of thioether (sulfide) groups is 1. The van der Waals surface area contributed by atoms with Crippen LogP contribution in [0.3, 0.4) is 0 Å². The maximum atomic E-state index is 12.3. The maximum Gasteiger partial charge on any atom is 0.234 e. The largest absolute Gasteiger partial charge is 0.325 e. The zero-order valence-corrected chi connectivity index (χ0v) is 17.7. The number of rotatable bonds is 5. The van der Waals surface area contributed by atoms with E-state index in [-0.39, 0.29) is 29.9 Å². The van der Waals surface area contributed by atoms with Gasteiger partial charge < -0.3 is 10.6 Å². The van der Waals surface area contributed by atoms with Gasteiger partial charge in [-0.15, -0.1) is 0 Å². The van der Waals surface area contributed by atoms with E-state index < -0.39 is 0 Å². The van der Waals surface area contributed by atoms with Crippen molar-refractivity contribution in [2.24, 2.45) is 0 Å². The molecule has 2 aromatic rings. The van der Waals surface area contributed by atoms with Crippen LogP contribution in [-0.2, 0) is 9.59 Å². The van der Waals surface area contributed by atoms with E-state index in [1.165, 1.54) is 0 Å². The Morgan fingerprint density at radius 2 is 2.03 bits per heavy atom. The molecule has 0 saturated heterocycles. The third-order valence-electron chi connectivity index (χ3n) is 4.72. The first-order valence-corrected chi connectivity index (χ1v) is 10.4. The Hall–Kier alpha value is -2.75. The molecule has 0 bridgehead atoms. The summed E-state index contributed by atoms with van der Waals surface area (Å²) in [6.07, 6.45) is 0.214. The number of aryl methyl sites for hydroxylation is 2. The van der Waals surface area contributed by atoms with Gasteiger partial charge in [-0.2, -0.15) is 5.26 Å². The molecule has 0 unspecified atom stereocenters. The summed E-state index contributed by atoms with van der Waals surface area (Å²) in [6.45, 7) is 3.85. The molecule has 0 aliphatic carbocycles. The monoisotopic (exact) mass is 425 g/mol. The third kappa shape index (κ3) is 5.00. The highest BCUT2D eigenvalue weighted by atomic mass is 35.5. The third-order valence-corrected chi connectivity index (χ3v) is 6.15. The summed E-state index contributed by atoms with van der Waals surface area (Å²) < 4.78 is 0. The van der Waals surface area contributed by atoms with Crippen LogP contribution in [0.4, 0.5) is 5.69 Å². The summed E-state index contributed by atoms with van der Waals surface area (Å²) in [6, 6.07) is 15.3. The van der Waals surface area contributed by atoms with E-state index in [0.29, 0.717) is 21.3 Å². The van der Waals surface area contributed by atoms with Crippen molar-refractivity contribution in [3.8, 4) is 6.07 Å². The quantitative estimate of drug-likeness (QED) is 0.729. The number of allylic oxidation sites excluding steroid dienone is 1. The van der Waals surface area contributed by atoms with Crippen molar-refractivity contribution in [3.63, 3.8) is 0 Å². The Kier molecular flexibility index (Phi) is 6.63. The maximum absolute atomic E-state index is 12.3. The van der Waals surface area contributed by atoms with Gasteiger partial charge in [0, 0.05) is 23.0 Å². The lowest BCUT2D eigenvalue weighted by atomic mass is 9.85. The van der Waals surface area contributed by atoms with Crippen LogP contribution >= 0.6 is 23.4 Å². The molecule has 1 aliphatic rings. The molecule has 29 heavy (non-hydrogen) atoms. The fourth-order valence-electron chi connectivity index (χ4n) is 3.18. The molecular formula is C22H20ClN3O2S. The van der Waals surface area contributed by atoms with Crippen LogP contribution in [0.15, 0.2) is 53.1 Å². The molecule has 0 radical (unpaired) electrons. The van der Waals surface area contributed by atoms with Crippen LogP contribution in [0, 0.1) is 25.2 Å². The second kappa shape index (κ2) is 9.17. The van der Waals surface area contributed by atoms with Crippen molar-refractivity contribution in [2.45, 2.75) is 26.2 Å². The molecule has 1 aliphatic heterocycles. The molecule has 148 valence electrons. The standard InChI is InChI=1S/C22H20ClN3O2S/c1-13-5-3-4-6-16(13)17-10-20(27)26-22(18(17)11-24)29-12-21(28)25-15-8-7-14(2)19(23)9-15/h3-9,17H,10,12H2,1-2H3,(H,25,28)(H,26,27)/t17-/m1/s1. The summed E-state index contributed by atoms with van der Waals surface area (Å²) in [4.78, 5) is 24.6. The van der Waals surface area contributed by atoms with E-state index >= 15 is 0 Å². The van der Waals surface area contributed by atoms with E-state index in [4.69, 9.17) is 11.6 Å².